The number of carbonyl (C=O) groups excluding carboxylic acids is 3. The van der Waals surface area contributed by atoms with E-state index in [4.69, 9.17) is 0 Å². The van der Waals surface area contributed by atoms with Crippen molar-refractivity contribution in [3.8, 4) is 0 Å². The Balaban J connectivity index is 1.56. The van der Waals surface area contributed by atoms with Crippen LogP contribution in [0.15, 0.2) is 0 Å². The van der Waals surface area contributed by atoms with E-state index in [-0.39, 0.29) is 23.9 Å². The maximum absolute atomic E-state index is 12.7. The molecule has 1 saturated carbocycles. The molecule has 4 amide bonds. The van der Waals surface area contributed by atoms with Crippen molar-refractivity contribution in [2.45, 2.75) is 57.2 Å². The summed E-state index contributed by atoms with van der Waals surface area (Å²) in [6.07, 6.45) is 2.96. The molecule has 3 aliphatic heterocycles. The SMILES string of the molecule is C[C@@H]1C[C@@H]1N1C[C@@H](N2C(=O)N3CCC[C@@]3(C)C2=O)CC1=O. The zero-order valence-corrected chi connectivity index (χ0v) is 12.5. The van der Waals surface area contributed by atoms with Crippen molar-refractivity contribution in [1.82, 2.24) is 14.7 Å². The summed E-state index contributed by atoms with van der Waals surface area (Å²) in [4.78, 5) is 42.4. The van der Waals surface area contributed by atoms with Crippen molar-refractivity contribution < 1.29 is 14.4 Å². The Morgan fingerprint density at radius 2 is 1.95 bits per heavy atom. The molecule has 4 rings (SSSR count). The molecule has 3 saturated heterocycles. The zero-order valence-electron chi connectivity index (χ0n) is 12.5. The fourth-order valence-corrected chi connectivity index (χ4v) is 4.23. The molecule has 6 nitrogen and oxygen atoms in total. The molecule has 0 spiro atoms. The lowest BCUT2D eigenvalue weighted by molar-refractivity contribution is -0.133. The maximum Gasteiger partial charge on any atom is 0.328 e. The van der Waals surface area contributed by atoms with Gasteiger partial charge in [0.05, 0.1) is 6.04 Å². The van der Waals surface area contributed by atoms with Crippen LogP contribution < -0.4 is 0 Å². The lowest BCUT2D eigenvalue weighted by atomic mass is 9.99. The summed E-state index contributed by atoms with van der Waals surface area (Å²) >= 11 is 0. The van der Waals surface area contributed by atoms with Crippen molar-refractivity contribution in [3.63, 3.8) is 0 Å². The standard InChI is InChI=1S/C15H21N3O3/c1-9-6-11(9)16-8-10(7-12(16)19)18-13(20)15(2)4-3-5-17(15)14(18)21/h9-11H,3-8H2,1-2H3/t9-,10+,11+,15+/m1/s1. The second-order valence-corrected chi connectivity index (χ2v) is 7.17. The summed E-state index contributed by atoms with van der Waals surface area (Å²) in [5.74, 6) is 0.541. The quantitative estimate of drug-likeness (QED) is 0.707. The van der Waals surface area contributed by atoms with E-state index in [9.17, 15) is 14.4 Å². The number of carbonyl (C=O) groups is 3. The number of amides is 4. The summed E-state index contributed by atoms with van der Waals surface area (Å²) in [5.41, 5.74) is -0.666. The van der Waals surface area contributed by atoms with Crippen molar-refractivity contribution in [2.75, 3.05) is 13.1 Å². The van der Waals surface area contributed by atoms with Gasteiger partial charge >= 0.3 is 6.03 Å². The zero-order chi connectivity index (χ0) is 14.9. The highest BCUT2D eigenvalue weighted by molar-refractivity contribution is 6.08. The van der Waals surface area contributed by atoms with Gasteiger partial charge in [-0.1, -0.05) is 6.92 Å². The van der Waals surface area contributed by atoms with E-state index in [0.29, 0.717) is 31.5 Å². The van der Waals surface area contributed by atoms with Gasteiger partial charge in [0.25, 0.3) is 5.91 Å². The first-order chi connectivity index (χ1) is 9.93. The molecule has 0 aromatic rings. The van der Waals surface area contributed by atoms with E-state index in [0.717, 1.165) is 19.3 Å². The average molecular weight is 291 g/mol. The first-order valence-corrected chi connectivity index (χ1v) is 7.88. The van der Waals surface area contributed by atoms with Crippen molar-refractivity contribution in [2.24, 2.45) is 5.92 Å². The van der Waals surface area contributed by atoms with Crippen molar-refractivity contribution >= 4 is 17.8 Å². The van der Waals surface area contributed by atoms with E-state index in [2.05, 4.69) is 6.92 Å². The van der Waals surface area contributed by atoms with Crippen LogP contribution >= 0.6 is 0 Å². The third-order valence-corrected chi connectivity index (χ3v) is 5.73. The Morgan fingerprint density at radius 1 is 1.24 bits per heavy atom. The molecule has 0 aromatic heterocycles. The smallest absolute Gasteiger partial charge is 0.328 e. The monoisotopic (exact) mass is 291 g/mol. The van der Waals surface area contributed by atoms with Gasteiger partial charge in [0, 0.05) is 25.6 Å². The van der Waals surface area contributed by atoms with Gasteiger partial charge in [0.2, 0.25) is 5.91 Å². The molecule has 3 heterocycles. The van der Waals surface area contributed by atoms with Gasteiger partial charge in [-0.15, -0.1) is 0 Å². The molecule has 114 valence electrons. The van der Waals surface area contributed by atoms with Gasteiger partial charge in [-0.3, -0.25) is 14.5 Å². The fraction of sp³-hybridized carbons (Fsp3) is 0.800. The summed E-state index contributed by atoms with van der Waals surface area (Å²) in [5, 5.41) is 0. The van der Waals surface area contributed by atoms with Crippen LogP contribution in [-0.4, -0.2) is 63.3 Å². The third-order valence-electron chi connectivity index (χ3n) is 5.73. The first-order valence-electron chi connectivity index (χ1n) is 7.88. The molecule has 0 bridgehead atoms. The molecule has 0 unspecified atom stereocenters. The third kappa shape index (κ3) is 1.61. The van der Waals surface area contributed by atoms with E-state index in [1.165, 1.54) is 4.90 Å². The Labute approximate surface area is 124 Å². The highest BCUT2D eigenvalue weighted by atomic mass is 16.2. The summed E-state index contributed by atoms with van der Waals surface area (Å²) in [6, 6.07) is -0.137. The Kier molecular flexibility index (Phi) is 2.49. The van der Waals surface area contributed by atoms with Crippen molar-refractivity contribution in [1.29, 1.82) is 0 Å². The Bertz CT molecular complexity index is 548. The molecule has 0 aromatic carbocycles. The minimum absolute atomic E-state index is 0.0900. The van der Waals surface area contributed by atoms with Crippen LogP contribution in [0.1, 0.15) is 39.5 Å². The number of fused-ring (bicyclic) bond motifs is 1. The topological polar surface area (TPSA) is 60.9 Å². The minimum atomic E-state index is -0.666. The van der Waals surface area contributed by atoms with E-state index >= 15 is 0 Å². The van der Waals surface area contributed by atoms with E-state index in [1.54, 1.807) is 4.90 Å². The number of rotatable bonds is 2. The van der Waals surface area contributed by atoms with Crippen LogP contribution in [0.5, 0.6) is 0 Å². The van der Waals surface area contributed by atoms with Gasteiger partial charge in [-0.25, -0.2) is 4.79 Å². The molecule has 4 fully saturated rings. The molecule has 4 atom stereocenters. The van der Waals surface area contributed by atoms with Crippen LogP contribution in [0.2, 0.25) is 0 Å². The van der Waals surface area contributed by atoms with E-state index in [1.807, 2.05) is 11.8 Å². The minimum Gasteiger partial charge on any atom is -0.337 e. The van der Waals surface area contributed by atoms with Crippen LogP contribution in [-0.2, 0) is 9.59 Å². The maximum atomic E-state index is 12.7. The lowest BCUT2D eigenvalue weighted by Crippen LogP contribution is -2.45. The van der Waals surface area contributed by atoms with E-state index < -0.39 is 5.54 Å². The van der Waals surface area contributed by atoms with Gasteiger partial charge in [-0.2, -0.15) is 0 Å². The number of likely N-dealkylation sites (tertiary alicyclic amines) is 1. The average Bonchev–Trinajstić information content (AvgIpc) is 2.79. The van der Waals surface area contributed by atoms with Crippen molar-refractivity contribution in [3.05, 3.63) is 0 Å². The predicted molar refractivity (Wildman–Crippen MR) is 74.3 cm³/mol. The van der Waals surface area contributed by atoms with Gasteiger partial charge in [0.1, 0.15) is 5.54 Å². The van der Waals surface area contributed by atoms with Gasteiger partial charge in [0.15, 0.2) is 0 Å². The highest BCUT2D eigenvalue weighted by Crippen LogP contribution is 2.42. The number of nitrogens with zero attached hydrogens (tertiary/aromatic N) is 3. The lowest BCUT2D eigenvalue weighted by Gasteiger charge is -2.23. The molecule has 6 heteroatoms. The second kappa shape index (κ2) is 3.99. The first kappa shape index (κ1) is 13.1. The molecule has 4 aliphatic rings. The predicted octanol–water partition coefficient (Wildman–Crippen LogP) is 0.812. The number of hydrogen-bond acceptors (Lipinski definition) is 3. The van der Waals surface area contributed by atoms with Gasteiger partial charge in [-0.05, 0) is 32.1 Å². The second-order valence-electron chi connectivity index (χ2n) is 7.17. The van der Waals surface area contributed by atoms with Crippen LogP contribution in [0.4, 0.5) is 4.79 Å². The fourth-order valence-electron chi connectivity index (χ4n) is 4.23. The molecule has 0 radical (unpaired) electrons. The number of urea groups is 1. The Morgan fingerprint density at radius 3 is 2.57 bits per heavy atom. The molecular formula is C15H21N3O3. The number of imide groups is 1. The number of hydrogen-bond donors (Lipinski definition) is 0. The molecule has 0 N–H and O–H groups in total. The molecule has 21 heavy (non-hydrogen) atoms. The molecule has 1 aliphatic carbocycles. The van der Waals surface area contributed by atoms with Crippen LogP contribution in [0, 0.1) is 5.92 Å². The summed E-state index contributed by atoms with van der Waals surface area (Å²) in [7, 11) is 0. The van der Waals surface area contributed by atoms with Gasteiger partial charge < -0.3 is 9.80 Å². The Hall–Kier alpha value is -1.59. The summed E-state index contributed by atoms with van der Waals surface area (Å²) < 4.78 is 0. The highest BCUT2D eigenvalue weighted by Gasteiger charge is 2.59. The molecular weight excluding hydrogens is 270 g/mol. The van der Waals surface area contributed by atoms with Crippen LogP contribution in [0.25, 0.3) is 0 Å². The summed E-state index contributed by atoms with van der Waals surface area (Å²) in [6.45, 7) is 5.17. The van der Waals surface area contributed by atoms with Crippen LogP contribution in [0.3, 0.4) is 0 Å². The normalized spacial score (nSPS) is 42.3. The largest absolute Gasteiger partial charge is 0.337 e.